The lowest BCUT2D eigenvalue weighted by Crippen LogP contribution is -2.18. The van der Waals surface area contributed by atoms with Gasteiger partial charge in [-0.2, -0.15) is 4.98 Å². The minimum atomic E-state index is -0.185. The minimum absolute atomic E-state index is 0.0476. The van der Waals surface area contributed by atoms with Crippen LogP contribution < -0.4 is 10.6 Å². The van der Waals surface area contributed by atoms with Gasteiger partial charge >= 0.3 is 0 Å². The van der Waals surface area contributed by atoms with Gasteiger partial charge in [-0.1, -0.05) is 31.5 Å². The summed E-state index contributed by atoms with van der Waals surface area (Å²) in [5.74, 6) is 0.372. The summed E-state index contributed by atoms with van der Waals surface area (Å²) in [7, 11) is 0. The molecule has 0 saturated heterocycles. The van der Waals surface area contributed by atoms with Crippen molar-refractivity contribution in [1.29, 1.82) is 0 Å². The number of amides is 1. The van der Waals surface area contributed by atoms with Gasteiger partial charge in [0.1, 0.15) is 12.1 Å². The maximum atomic E-state index is 13.7. The lowest BCUT2D eigenvalue weighted by atomic mass is 10.0. The predicted octanol–water partition coefficient (Wildman–Crippen LogP) is 3.35. The predicted molar refractivity (Wildman–Crippen MR) is 93.4 cm³/mol. The number of rotatable bonds is 7. The summed E-state index contributed by atoms with van der Waals surface area (Å²) < 4.78 is 13.7. The zero-order valence-corrected chi connectivity index (χ0v) is 14.5. The molecular weight excluding hydrogens is 309 g/mol. The first-order valence-corrected chi connectivity index (χ1v) is 7.99. The molecule has 0 aliphatic carbocycles. The Balaban J connectivity index is 0.00000139. The molecule has 1 unspecified atom stereocenters. The molecule has 0 aliphatic rings. The first-order chi connectivity index (χ1) is 11.6. The lowest BCUT2D eigenvalue weighted by Gasteiger charge is -2.14. The van der Waals surface area contributed by atoms with Crippen molar-refractivity contribution in [3.8, 4) is 0 Å². The number of aromatic nitrogens is 3. The van der Waals surface area contributed by atoms with E-state index in [0.717, 1.165) is 12.0 Å². The number of hydrogen-bond donors (Lipinski definition) is 2. The summed E-state index contributed by atoms with van der Waals surface area (Å²) in [6.45, 7) is 7.90. The van der Waals surface area contributed by atoms with E-state index < -0.39 is 0 Å². The van der Waals surface area contributed by atoms with Crippen LogP contribution in [0.5, 0.6) is 0 Å². The highest BCUT2D eigenvalue weighted by molar-refractivity contribution is 5.66. The van der Waals surface area contributed by atoms with E-state index in [0.29, 0.717) is 24.3 Å². The van der Waals surface area contributed by atoms with Crippen LogP contribution in [0.3, 0.4) is 0 Å². The number of aryl methyl sites for hydroxylation is 2. The number of carbonyl (C=O) groups excluding carboxylic acids is 1. The largest absolute Gasteiger partial charge is 0.352 e. The molecule has 1 heterocycles. The number of benzene rings is 1. The van der Waals surface area contributed by atoms with Gasteiger partial charge in [-0.3, -0.25) is 10.1 Å². The first kappa shape index (κ1) is 19.5. The Kier molecular flexibility index (Phi) is 8.32. The summed E-state index contributed by atoms with van der Waals surface area (Å²) in [5, 5.41) is 5.46. The SMILES string of the molecule is CC.Cc1ccc(F)c(CCC(C)Nc2ncnc(NC=O)n2)c1. The fraction of sp³-hybridized carbons (Fsp3) is 0.412. The van der Waals surface area contributed by atoms with Crippen molar-refractivity contribution in [2.24, 2.45) is 0 Å². The maximum Gasteiger partial charge on any atom is 0.233 e. The van der Waals surface area contributed by atoms with Gasteiger partial charge in [0.05, 0.1) is 0 Å². The van der Waals surface area contributed by atoms with Crippen molar-refractivity contribution in [2.75, 3.05) is 10.6 Å². The highest BCUT2D eigenvalue weighted by Gasteiger charge is 2.08. The molecule has 0 bridgehead atoms. The highest BCUT2D eigenvalue weighted by atomic mass is 19.1. The Morgan fingerprint density at radius 3 is 2.67 bits per heavy atom. The zero-order chi connectivity index (χ0) is 17.9. The molecule has 1 aromatic carbocycles. The van der Waals surface area contributed by atoms with E-state index in [1.54, 1.807) is 6.07 Å². The number of nitrogens with one attached hydrogen (secondary N) is 2. The summed E-state index contributed by atoms with van der Waals surface area (Å²) >= 11 is 0. The van der Waals surface area contributed by atoms with E-state index in [1.807, 2.05) is 33.8 Å². The van der Waals surface area contributed by atoms with Crippen LogP contribution in [-0.4, -0.2) is 27.4 Å². The molecule has 0 spiro atoms. The van der Waals surface area contributed by atoms with Crippen LogP contribution in [0.25, 0.3) is 0 Å². The summed E-state index contributed by atoms with van der Waals surface area (Å²) in [5.41, 5.74) is 1.74. The van der Waals surface area contributed by atoms with Gasteiger partial charge < -0.3 is 5.32 Å². The van der Waals surface area contributed by atoms with Crippen LogP contribution in [0.1, 0.15) is 38.3 Å². The average Bonchev–Trinajstić information content (AvgIpc) is 2.58. The van der Waals surface area contributed by atoms with Crippen LogP contribution in [0.15, 0.2) is 24.5 Å². The number of halogens is 1. The van der Waals surface area contributed by atoms with Crippen molar-refractivity contribution in [2.45, 2.75) is 46.6 Å². The molecule has 7 heteroatoms. The normalized spacial score (nSPS) is 11.0. The molecular formula is C17H24FN5O. The van der Waals surface area contributed by atoms with E-state index in [9.17, 15) is 9.18 Å². The van der Waals surface area contributed by atoms with Gasteiger partial charge in [-0.15, -0.1) is 0 Å². The second-order valence-electron chi connectivity index (χ2n) is 5.07. The molecule has 6 nitrogen and oxygen atoms in total. The molecule has 2 N–H and O–H groups in total. The van der Waals surface area contributed by atoms with Crippen LogP contribution in [0.2, 0.25) is 0 Å². The van der Waals surface area contributed by atoms with Crippen LogP contribution in [-0.2, 0) is 11.2 Å². The minimum Gasteiger partial charge on any atom is -0.352 e. The number of carbonyl (C=O) groups is 1. The van der Waals surface area contributed by atoms with Crippen LogP contribution in [0, 0.1) is 12.7 Å². The molecule has 2 aromatic rings. The maximum absolute atomic E-state index is 13.7. The fourth-order valence-electron chi connectivity index (χ4n) is 2.05. The topological polar surface area (TPSA) is 79.8 Å². The Morgan fingerprint density at radius 1 is 1.25 bits per heavy atom. The lowest BCUT2D eigenvalue weighted by molar-refractivity contribution is -0.105. The Labute approximate surface area is 141 Å². The zero-order valence-electron chi connectivity index (χ0n) is 14.5. The summed E-state index contributed by atoms with van der Waals surface area (Å²) in [6.07, 6.45) is 3.16. The first-order valence-electron chi connectivity index (χ1n) is 7.99. The molecule has 1 amide bonds. The summed E-state index contributed by atoms with van der Waals surface area (Å²) in [6, 6.07) is 5.15. The van der Waals surface area contributed by atoms with Crippen molar-refractivity contribution in [3.05, 3.63) is 41.5 Å². The third-order valence-corrected chi connectivity index (χ3v) is 3.18. The van der Waals surface area contributed by atoms with Gasteiger partial charge in [0, 0.05) is 6.04 Å². The van der Waals surface area contributed by atoms with E-state index >= 15 is 0 Å². The number of nitrogens with zero attached hydrogens (tertiary/aromatic N) is 3. The number of anilines is 2. The van der Waals surface area contributed by atoms with Crippen molar-refractivity contribution >= 4 is 18.3 Å². The number of hydrogen-bond acceptors (Lipinski definition) is 5. The van der Waals surface area contributed by atoms with E-state index in [4.69, 9.17) is 0 Å². The quantitative estimate of drug-likeness (QED) is 0.760. The van der Waals surface area contributed by atoms with E-state index in [-0.39, 0.29) is 17.8 Å². The average molecular weight is 333 g/mol. The molecule has 1 atom stereocenters. The molecule has 1 aromatic heterocycles. The Hall–Kier alpha value is -2.57. The van der Waals surface area contributed by atoms with E-state index in [2.05, 4.69) is 25.6 Å². The molecule has 2 rings (SSSR count). The second kappa shape index (κ2) is 10.3. The smallest absolute Gasteiger partial charge is 0.233 e. The fourth-order valence-corrected chi connectivity index (χ4v) is 2.05. The molecule has 24 heavy (non-hydrogen) atoms. The van der Waals surface area contributed by atoms with Crippen LogP contribution in [0.4, 0.5) is 16.3 Å². The summed E-state index contributed by atoms with van der Waals surface area (Å²) in [4.78, 5) is 22.2. The van der Waals surface area contributed by atoms with Gasteiger partial charge in [0.15, 0.2) is 0 Å². The Bertz CT molecular complexity index is 651. The van der Waals surface area contributed by atoms with Gasteiger partial charge in [0.25, 0.3) is 0 Å². The van der Waals surface area contributed by atoms with Crippen molar-refractivity contribution < 1.29 is 9.18 Å². The molecule has 0 radical (unpaired) electrons. The van der Waals surface area contributed by atoms with Gasteiger partial charge in [0.2, 0.25) is 18.3 Å². The second-order valence-corrected chi connectivity index (χ2v) is 5.07. The van der Waals surface area contributed by atoms with E-state index in [1.165, 1.54) is 12.4 Å². The molecule has 0 fully saturated rings. The Morgan fingerprint density at radius 2 is 1.96 bits per heavy atom. The monoisotopic (exact) mass is 333 g/mol. The van der Waals surface area contributed by atoms with Gasteiger partial charge in [-0.25, -0.2) is 14.4 Å². The third-order valence-electron chi connectivity index (χ3n) is 3.18. The molecule has 130 valence electrons. The highest BCUT2D eigenvalue weighted by Crippen LogP contribution is 2.14. The van der Waals surface area contributed by atoms with Crippen LogP contribution >= 0.6 is 0 Å². The van der Waals surface area contributed by atoms with Gasteiger partial charge in [-0.05, 0) is 38.3 Å². The molecule has 0 aliphatic heterocycles. The third kappa shape index (κ3) is 6.28. The standard InChI is InChI=1S/C15H18FN5O.C2H6/c1-10-3-6-13(16)12(7-10)5-4-11(2)20-15-18-8-17-14(21-15)19-9-22;1-2/h3,6-9,11H,4-5H2,1-2H3,(H2,17,18,19,20,21,22);1-2H3. The molecule has 0 saturated carbocycles. The van der Waals surface area contributed by atoms with Crippen molar-refractivity contribution in [3.63, 3.8) is 0 Å². The van der Waals surface area contributed by atoms with Crippen molar-refractivity contribution in [1.82, 2.24) is 15.0 Å².